The predicted molar refractivity (Wildman–Crippen MR) is 99.2 cm³/mol. The van der Waals surface area contributed by atoms with E-state index in [4.69, 9.17) is 27.9 Å². The highest BCUT2D eigenvalue weighted by Crippen LogP contribution is 2.31. The Bertz CT molecular complexity index is 901. The van der Waals surface area contributed by atoms with Crippen LogP contribution in [0.1, 0.15) is 13.3 Å². The quantitative estimate of drug-likeness (QED) is 0.759. The summed E-state index contributed by atoms with van der Waals surface area (Å²) in [4.78, 5) is 11.6. The standard InChI is InChI=1S/C16H16Cl2N2O4S/c1-3-16(21)19-14-9-11(5-7-15(14)24-2)25(22,23)20-13-8-10(17)4-6-12(13)18/h4-9,20H,3H2,1-2H3,(H,19,21). The average Bonchev–Trinajstić information content (AvgIpc) is 2.57. The first-order chi connectivity index (χ1) is 11.8. The molecule has 0 bridgehead atoms. The molecule has 25 heavy (non-hydrogen) atoms. The van der Waals surface area contributed by atoms with E-state index in [9.17, 15) is 13.2 Å². The van der Waals surface area contributed by atoms with E-state index in [1.165, 1.54) is 37.4 Å². The number of hydrogen-bond donors (Lipinski definition) is 2. The molecule has 2 N–H and O–H groups in total. The van der Waals surface area contributed by atoms with Crippen molar-refractivity contribution in [2.45, 2.75) is 18.2 Å². The highest BCUT2D eigenvalue weighted by atomic mass is 35.5. The lowest BCUT2D eigenvalue weighted by atomic mass is 10.3. The minimum Gasteiger partial charge on any atom is -0.495 e. The number of nitrogens with one attached hydrogen (secondary N) is 2. The number of methoxy groups -OCH3 is 1. The molecule has 0 aliphatic rings. The van der Waals surface area contributed by atoms with Gasteiger partial charge in [-0.15, -0.1) is 0 Å². The Morgan fingerprint density at radius 2 is 1.84 bits per heavy atom. The highest BCUT2D eigenvalue weighted by Gasteiger charge is 2.19. The summed E-state index contributed by atoms with van der Waals surface area (Å²) in [5, 5.41) is 3.15. The zero-order valence-electron chi connectivity index (χ0n) is 13.5. The van der Waals surface area contributed by atoms with Gasteiger partial charge in [0.2, 0.25) is 5.91 Å². The summed E-state index contributed by atoms with van der Waals surface area (Å²) in [5.41, 5.74) is 0.415. The molecule has 2 rings (SSSR count). The van der Waals surface area contributed by atoms with E-state index in [0.29, 0.717) is 10.8 Å². The molecule has 0 aliphatic heterocycles. The number of hydrogen-bond acceptors (Lipinski definition) is 4. The van der Waals surface area contributed by atoms with Gasteiger partial charge >= 0.3 is 0 Å². The number of ether oxygens (including phenoxy) is 1. The Kier molecular flexibility index (Phi) is 6.16. The fourth-order valence-electron chi connectivity index (χ4n) is 1.97. The van der Waals surface area contributed by atoms with E-state index in [-0.39, 0.29) is 33.6 Å². The zero-order valence-corrected chi connectivity index (χ0v) is 15.8. The summed E-state index contributed by atoms with van der Waals surface area (Å²) in [5.74, 6) is 0.0835. The first-order valence-electron chi connectivity index (χ1n) is 7.22. The van der Waals surface area contributed by atoms with Crippen molar-refractivity contribution in [1.82, 2.24) is 0 Å². The molecule has 0 heterocycles. The van der Waals surface area contributed by atoms with Crippen molar-refractivity contribution < 1.29 is 17.9 Å². The number of carbonyl (C=O) groups excluding carboxylic acids is 1. The fourth-order valence-corrected chi connectivity index (χ4v) is 3.46. The summed E-state index contributed by atoms with van der Waals surface area (Å²) in [6, 6.07) is 8.58. The van der Waals surface area contributed by atoms with Crippen LogP contribution in [-0.4, -0.2) is 21.4 Å². The number of carbonyl (C=O) groups is 1. The molecule has 9 heteroatoms. The number of benzene rings is 2. The molecule has 6 nitrogen and oxygen atoms in total. The van der Waals surface area contributed by atoms with Crippen LogP contribution in [0.5, 0.6) is 5.75 Å². The van der Waals surface area contributed by atoms with E-state index in [0.717, 1.165) is 0 Å². The van der Waals surface area contributed by atoms with Gasteiger partial charge in [0.05, 0.1) is 28.4 Å². The Morgan fingerprint density at radius 1 is 1.12 bits per heavy atom. The summed E-state index contributed by atoms with van der Waals surface area (Å²) in [7, 11) is -2.52. The second-order valence-electron chi connectivity index (χ2n) is 4.99. The molecule has 0 fully saturated rings. The maximum Gasteiger partial charge on any atom is 0.262 e. The smallest absolute Gasteiger partial charge is 0.262 e. The van der Waals surface area contributed by atoms with Crippen LogP contribution in [0, 0.1) is 0 Å². The molecule has 0 atom stereocenters. The van der Waals surface area contributed by atoms with E-state index in [2.05, 4.69) is 10.0 Å². The van der Waals surface area contributed by atoms with Gasteiger partial charge in [-0.25, -0.2) is 8.42 Å². The van der Waals surface area contributed by atoms with Crippen LogP contribution in [0.25, 0.3) is 0 Å². The summed E-state index contributed by atoms with van der Waals surface area (Å²) < 4.78 is 32.7. The van der Waals surface area contributed by atoms with Gasteiger partial charge in [-0.05, 0) is 36.4 Å². The SMILES string of the molecule is CCC(=O)Nc1cc(S(=O)(=O)Nc2cc(Cl)ccc2Cl)ccc1OC. The Hall–Kier alpha value is -1.96. The molecule has 0 saturated carbocycles. The number of sulfonamides is 1. The van der Waals surface area contributed by atoms with E-state index in [1.54, 1.807) is 13.0 Å². The number of rotatable bonds is 6. The summed E-state index contributed by atoms with van der Waals surface area (Å²) in [6.45, 7) is 1.69. The van der Waals surface area contributed by atoms with Crippen LogP contribution in [-0.2, 0) is 14.8 Å². The van der Waals surface area contributed by atoms with Crippen molar-refractivity contribution in [1.29, 1.82) is 0 Å². The molecule has 0 radical (unpaired) electrons. The van der Waals surface area contributed by atoms with Crippen LogP contribution in [0.4, 0.5) is 11.4 Å². The monoisotopic (exact) mass is 402 g/mol. The molecule has 2 aromatic carbocycles. The van der Waals surface area contributed by atoms with Crippen molar-refractivity contribution in [3.8, 4) is 5.75 Å². The number of halogens is 2. The lowest BCUT2D eigenvalue weighted by Gasteiger charge is -2.14. The van der Waals surface area contributed by atoms with E-state index in [1.807, 2.05) is 0 Å². The largest absolute Gasteiger partial charge is 0.495 e. The van der Waals surface area contributed by atoms with Crippen LogP contribution >= 0.6 is 23.2 Å². The molecule has 0 spiro atoms. The summed E-state index contributed by atoms with van der Waals surface area (Å²) >= 11 is 11.9. The van der Waals surface area contributed by atoms with Gasteiger partial charge < -0.3 is 10.1 Å². The lowest BCUT2D eigenvalue weighted by Crippen LogP contribution is -2.15. The van der Waals surface area contributed by atoms with Gasteiger partial charge in [-0.1, -0.05) is 30.1 Å². The fraction of sp³-hybridized carbons (Fsp3) is 0.188. The normalized spacial score (nSPS) is 11.0. The zero-order chi connectivity index (χ0) is 18.6. The van der Waals surface area contributed by atoms with Crippen LogP contribution in [0.3, 0.4) is 0 Å². The molecule has 0 saturated heterocycles. The van der Waals surface area contributed by atoms with Crippen molar-refractivity contribution in [2.75, 3.05) is 17.1 Å². The topological polar surface area (TPSA) is 84.5 Å². The third-order valence-corrected chi connectivity index (χ3v) is 5.18. The van der Waals surface area contributed by atoms with Gasteiger partial charge in [-0.3, -0.25) is 9.52 Å². The molecule has 0 unspecified atom stereocenters. The van der Waals surface area contributed by atoms with Gasteiger partial charge in [0.25, 0.3) is 10.0 Å². The predicted octanol–water partition coefficient (Wildman–Crippen LogP) is 4.15. The molecular weight excluding hydrogens is 387 g/mol. The molecule has 0 aliphatic carbocycles. The van der Waals surface area contributed by atoms with Gasteiger partial charge in [0.15, 0.2) is 0 Å². The highest BCUT2D eigenvalue weighted by molar-refractivity contribution is 7.92. The van der Waals surface area contributed by atoms with Crippen molar-refractivity contribution in [3.05, 3.63) is 46.4 Å². The molecule has 0 aromatic heterocycles. The van der Waals surface area contributed by atoms with Gasteiger partial charge in [-0.2, -0.15) is 0 Å². The molecule has 134 valence electrons. The minimum atomic E-state index is -3.94. The van der Waals surface area contributed by atoms with Crippen molar-refractivity contribution in [2.24, 2.45) is 0 Å². The molecule has 1 amide bonds. The molecular formula is C16H16Cl2N2O4S. The van der Waals surface area contributed by atoms with Crippen LogP contribution in [0.15, 0.2) is 41.3 Å². The number of anilines is 2. The third kappa shape index (κ3) is 4.78. The maximum absolute atomic E-state index is 12.6. The Labute approximate surface area is 156 Å². The second-order valence-corrected chi connectivity index (χ2v) is 7.52. The van der Waals surface area contributed by atoms with Gasteiger partial charge in [0, 0.05) is 11.4 Å². The van der Waals surface area contributed by atoms with Gasteiger partial charge in [0.1, 0.15) is 5.75 Å². The number of amides is 1. The molecule has 2 aromatic rings. The van der Waals surface area contributed by atoms with E-state index >= 15 is 0 Å². The Morgan fingerprint density at radius 3 is 2.48 bits per heavy atom. The first-order valence-corrected chi connectivity index (χ1v) is 9.46. The van der Waals surface area contributed by atoms with Crippen LogP contribution in [0.2, 0.25) is 10.0 Å². The van der Waals surface area contributed by atoms with Crippen molar-refractivity contribution >= 4 is 50.5 Å². The van der Waals surface area contributed by atoms with Crippen molar-refractivity contribution in [3.63, 3.8) is 0 Å². The Balaban J connectivity index is 2.40. The maximum atomic E-state index is 12.6. The third-order valence-electron chi connectivity index (χ3n) is 3.25. The minimum absolute atomic E-state index is 0.0595. The summed E-state index contributed by atoms with van der Waals surface area (Å²) in [6.07, 6.45) is 0.247. The lowest BCUT2D eigenvalue weighted by molar-refractivity contribution is -0.115. The van der Waals surface area contributed by atoms with Crippen LogP contribution < -0.4 is 14.8 Å². The van der Waals surface area contributed by atoms with E-state index < -0.39 is 10.0 Å². The average molecular weight is 403 g/mol. The second kappa shape index (κ2) is 7.95. The first kappa shape index (κ1) is 19.4.